The third-order valence-corrected chi connectivity index (χ3v) is 9.42. The highest BCUT2D eigenvalue weighted by atomic mass is 16.5. The maximum absolute atomic E-state index is 10.7. The molecule has 0 aromatic heterocycles. The van der Waals surface area contributed by atoms with Crippen molar-refractivity contribution in [2.45, 2.75) is 71.3 Å². The van der Waals surface area contributed by atoms with Gasteiger partial charge in [0.05, 0.1) is 13.2 Å². The second-order valence-electron chi connectivity index (χ2n) is 10.8. The average molecular weight is 461 g/mol. The van der Waals surface area contributed by atoms with E-state index >= 15 is 0 Å². The van der Waals surface area contributed by atoms with Gasteiger partial charge in [-0.3, -0.25) is 4.99 Å². The lowest BCUT2D eigenvalue weighted by Gasteiger charge is -2.50. The predicted molar refractivity (Wildman–Crippen MR) is 141 cm³/mol. The molecule has 3 unspecified atom stereocenters. The van der Waals surface area contributed by atoms with E-state index in [1.54, 1.807) is 12.7 Å². The van der Waals surface area contributed by atoms with Gasteiger partial charge in [-0.1, -0.05) is 13.0 Å². The molecule has 0 spiro atoms. The van der Waals surface area contributed by atoms with Crippen LogP contribution in [0, 0.1) is 17.3 Å². The van der Waals surface area contributed by atoms with Gasteiger partial charge in [0.1, 0.15) is 11.5 Å². The van der Waals surface area contributed by atoms with Crippen molar-refractivity contribution in [2.75, 3.05) is 25.1 Å². The molecule has 0 saturated heterocycles. The van der Waals surface area contributed by atoms with E-state index in [1.165, 1.54) is 37.7 Å². The number of nitrogens with zero attached hydrogens (tertiary/aromatic N) is 2. The zero-order valence-electron chi connectivity index (χ0n) is 21.3. The number of hydrogen-bond acceptors (Lipinski definition) is 4. The Labute approximate surface area is 205 Å². The van der Waals surface area contributed by atoms with Crippen molar-refractivity contribution in [3.8, 4) is 11.5 Å². The third kappa shape index (κ3) is 3.89. The van der Waals surface area contributed by atoms with Gasteiger partial charge in [0, 0.05) is 36.6 Å². The molecule has 2 fully saturated rings. The summed E-state index contributed by atoms with van der Waals surface area (Å²) in [6.45, 7) is 8.65. The van der Waals surface area contributed by atoms with E-state index in [0.717, 1.165) is 48.3 Å². The van der Waals surface area contributed by atoms with Crippen LogP contribution in [0.1, 0.15) is 75.5 Å². The lowest BCUT2D eigenvalue weighted by molar-refractivity contribution is 0.0502. The zero-order valence-corrected chi connectivity index (χ0v) is 21.3. The van der Waals surface area contributed by atoms with Crippen molar-refractivity contribution in [1.29, 1.82) is 0 Å². The first kappa shape index (κ1) is 23.3. The van der Waals surface area contributed by atoms with E-state index in [2.05, 4.69) is 49.9 Å². The molecule has 1 N–H and O–H groups in total. The number of phenols is 1. The summed E-state index contributed by atoms with van der Waals surface area (Å²) in [5.74, 6) is 3.51. The Kier molecular flexibility index (Phi) is 6.35. The fraction of sp³-hybridized carbons (Fsp3) is 0.567. The number of ether oxygens (including phenoxy) is 1. The van der Waals surface area contributed by atoms with Crippen LogP contribution >= 0.6 is 0 Å². The normalized spacial score (nSPS) is 30.0. The molecule has 4 heteroatoms. The topological polar surface area (TPSA) is 45.1 Å². The van der Waals surface area contributed by atoms with Gasteiger partial charge in [0.25, 0.3) is 0 Å². The van der Waals surface area contributed by atoms with E-state index in [4.69, 9.17) is 9.73 Å². The average Bonchev–Trinajstić information content (AvgIpc) is 3.20. The number of benzene rings is 2. The van der Waals surface area contributed by atoms with Crippen LogP contribution in [0.5, 0.6) is 11.5 Å². The molecular formula is C30H40N2O2. The van der Waals surface area contributed by atoms with Crippen molar-refractivity contribution in [3.63, 3.8) is 0 Å². The van der Waals surface area contributed by atoms with Crippen LogP contribution in [0.25, 0.3) is 0 Å². The third-order valence-electron chi connectivity index (χ3n) is 9.42. The fourth-order valence-corrected chi connectivity index (χ4v) is 7.50. The summed E-state index contributed by atoms with van der Waals surface area (Å²) >= 11 is 0. The van der Waals surface area contributed by atoms with Gasteiger partial charge in [-0.2, -0.15) is 0 Å². The molecular weight excluding hydrogens is 420 g/mol. The summed E-state index contributed by atoms with van der Waals surface area (Å²) in [5, 5.41) is 10.7. The largest absolute Gasteiger partial charge is 0.507 e. The second-order valence-corrected chi connectivity index (χ2v) is 10.8. The summed E-state index contributed by atoms with van der Waals surface area (Å²) in [6, 6.07) is 13.1. The van der Waals surface area contributed by atoms with Crippen molar-refractivity contribution < 1.29 is 9.84 Å². The van der Waals surface area contributed by atoms with Crippen molar-refractivity contribution in [3.05, 3.63) is 53.1 Å². The van der Waals surface area contributed by atoms with Gasteiger partial charge in [0.2, 0.25) is 0 Å². The summed E-state index contributed by atoms with van der Waals surface area (Å²) in [5.41, 5.74) is 5.24. The summed E-state index contributed by atoms with van der Waals surface area (Å²) < 4.78 is 5.48. The number of aryl methyl sites for hydroxylation is 1. The number of methoxy groups -OCH3 is 1. The van der Waals surface area contributed by atoms with Gasteiger partial charge in [0.15, 0.2) is 0 Å². The predicted octanol–water partition coefficient (Wildman–Crippen LogP) is 6.59. The number of rotatable bonds is 6. The van der Waals surface area contributed by atoms with Gasteiger partial charge in [-0.05, 0) is 111 Å². The Bertz CT molecular complexity index is 1060. The SMILES string of the molecule is CCN(CC)c1ccc(/C=N/[C@H]2CCC3C4CCc5cc(OC)ccc5C4CC[C@@]32C)c(O)c1. The van der Waals surface area contributed by atoms with Crippen LogP contribution in [-0.4, -0.2) is 37.6 Å². The number of hydrogen-bond donors (Lipinski definition) is 1. The summed E-state index contributed by atoms with van der Waals surface area (Å²) in [7, 11) is 1.76. The number of phenolic OH excluding ortho intramolecular Hbond substituents is 1. The highest BCUT2D eigenvalue weighted by molar-refractivity contribution is 5.84. The highest BCUT2D eigenvalue weighted by Crippen LogP contribution is 2.61. The first-order chi connectivity index (χ1) is 16.5. The molecule has 0 bridgehead atoms. The van der Waals surface area contributed by atoms with E-state index < -0.39 is 0 Å². The Morgan fingerprint density at radius 3 is 2.65 bits per heavy atom. The molecule has 0 radical (unpaired) electrons. The Hall–Kier alpha value is -2.49. The molecule has 3 aliphatic carbocycles. The van der Waals surface area contributed by atoms with E-state index in [1.807, 2.05) is 18.3 Å². The molecule has 0 aliphatic heterocycles. The maximum atomic E-state index is 10.7. The molecule has 5 atom stereocenters. The van der Waals surface area contributed by atoms with E-state index in [0.29, 0.717) is 17.7 Å². The van der Waals surface area contributed by atoms with Crippen molar-refractivity contribution in [1.82, 2.24) is 0 Å². The van der Waals surface area contributed by atoms with Gasteiger partial charge in [-0.25, -0.2) is 0 Å². The highest BCUT2D eigenvalue weighted by Gasteiger charge is 2.54. The van der Waals surface area contributed by atoms with Crippen LogP contribution in [-0.2, 0) is 6.42 Å². The Morgan fingerprint density at radius 2 is 1.91 bits per heavy atom. The molecule has 0 amide bonds. The van der Waals surface area contributed by atoms with Crippen LogP contribution in [0.2, 0.25) is 0 Å². The van der Waals surface area contributed by atoms with E-state index in [-0.39, 0.29) is 5.41 Å². The molecule has 182 valence electrons. The number of aromatic hydroxyl groups is 1. The second kappa shape index (κ2) is 9.28. The van der Waals surface area contributed by atoms with Crippen LogP contribution in [0.15, 0.2) is 41.4 Å². The first-order valence-electron chi connectivity index (χ1n) is 13.3. The summed E-state index contributed by atoms with van der Waals surface area (Å²) in [4.78, 5) is 7.36. The molecule has 34 heavy (non-hydrogen) atoms. The van der Waals surface area contributed by atoms with Crippen LogP contribution in [0.4, 0.5) is 5.69 Å². The number of aliphatic imine (C=N–C) groups is 1. The minimum atomic E-state index is 0.262. The minimum Gasteiger partial charge on any atom is -0.507 e. The zero-order chi connectivity index (χ0) is 23.9. The molecule has 2 aromatic rings. The smallest absolute Gasteiger partial charge is 0.126 e. The van der Waals surface area contributed by atoms with Gasteiger partial charge >= 0.3 is 0 Å². The maximum Gasteiger partial charge on any atom is 0.126 e. The van der Waals surface area contributed by atoms with Crippen LogP contribution in [0.3, 0.4) is 0 Å². The number of anilines is 1. The Morgan fingerprint density at radius 1 is 1.09 bits per heavy atom. The van der Waals surface area contributed by atoms with Gasteiger partial charge < -0.3 is 14.7 Å². The Balaban J connectivity index is 1.33. The molecule has 4 nitrogen and oxygen atoms in total. The lowest BCUT2D eigenvalue weighted by atomic mass is 9.55. The standard InChI is InChI=1S/C30H40N2O2/c1-5-32(6-2)22-9-7-21(28(33)18-22)19-31-29-14-13-27-26-11-8-20-17-23(34-4)10-12-24(20)25(26)15-16-30(27,29)3/h7,9-10,12,17-19,25-27,29,33H,5-6,8,11,13-16H2,1-4H3/b31-19+/t25?,26?,27?,29-,30-/m0/s1. The molecule has 2 saturated carbocycles. The van der Waals surface area contributed by atoms with E-state index in [9.17, 15) is 5.11 Å². The first-order valence-corrected chi connectivity index (χ1v) is 13.3. The molecule has 0 heterocycles. The molecule has 2 aromatic carbocycles. The van der Waals surface area contributed by atoms with Crippen molar-refractivity contribution >= 4 is 11.9 Å². The van der Waals surface area contributed by atoms with Gasteiger partial charge in [-0.15, -0.1) is 0 Å². The fourth-order valence-electron chi connectivity index (χ4n) is 7.50. The monoisotopic (exact) mass is 460 g/mol. The van der Waals surface area contributed by atoms with Crippen molar-refractivity contribution in [2.24, 2.45) is 22.2 Å². The summed E-state index contributed by atoms with van der Waals surface area (Å²) in [6.07, 6.45) is 9.32. The molecule has 5 rings (SSSR count). The molecule has 3 aliphatic rings. The van der Waals surface area contributed by atoms with Crippen LogP contribution < -0.4 is 9.64 Å². The minimum absolute atomic E-state index is 0.262. The quantitative estimate of drug-likeness (QED) is 0.495. The number of fused-ring (bicyclic) bond motifs is 5. The lowest BCUT2D eigenvalue weighted by Crippen LogP contribution is -2.43.